The lowest BCUT2D eigenvalue weighted by Gasteiger charge is -2.39. The molecule has 3 amide bonds. The Balaban J connectivity index is 1.68. The van der Waals surface area contributed by atoms with Crippen molar-refractivity contribution in [1.29, 1.82) is 0 Å². The van der Waals surface area contributed by atoms with Gasteiger partial charge in [-0.05, 0) is 61.4 Å². The highest BCUT2D eigenvalue weighted by Crippen LogP contribution is 2.40. The van der Waals surface area contributed by atoms with Crippen LogP contribution in [0.5, 0.6) is 0 Å². The van der Waals surface area contributed by atoms with Crippen LogP contribution in [0.1, 0.15) is 62.0 Å². The normalized spacial score (nSPS) is 27.3. The number of imide groups is 1. The van der Waals surface area contributed by atoms with Crippen LogP contribution >= 0.6 is 0 Å². The van der Waals surface area contributed by atoms with Crippen molar-refractivity contribution in [3.63, 3.8) is 0 Å². The number of amides is 3. The molecule has 2 fully saturated rings. The Bertz CT molecular complexity index is 755. The van der Waals surface area contributed by atoms with Crippen molar-refractivity contribution in [2.24, 2.45) is 0 Å². The van der Waals surface area contributed by atoms with Crippen molar-refractivity contribution < 1.29 is 14.4 Å². The first-order valence-corrected chi connectivity index (χ1v) is 9.55. The number of nitrogens with one attached hydrogen (secondary N) is 2. The Labute approximate surface area is 153 Å². The number of benzene rings is 1. The third-order valence-electron chi connectivity index (χ3n) is 5.92. The smallest absolute Gasteiger partial charge is 0.249 e. The van der Waals surface area contributed by atoms with E-state index in [0.29, 0.717) is 18.8 Å². The van der Waals surface area contributed by atoms with Crippen molar-refractivity contribution in [2.45, 2.75) is 56.9 Å². The van der Waals surface area contributed by atoms with Crippen LogP contribution in [0.3, 0.4) is 0 Å². The van der Waals surface area contributed by atoms with Gasteiger partial charge in [0.1, 0.15) is 6.04 Å². The van der Waals surface area contributed by atoms with E-state index in [2.05, 4.69) is 29.7 Å². The summed E-state index contributed by atoms with van der Waals surface area (Å²) in [6, 6.07) is 5.76. The van der Waals surface area contributed by atoms with Crippen molar-refractivity contribution in [2.75, 3.05) is 18.0 Å². The summed E-state index contributed by atoms with van der Waals surface area (Å²) < 4.78 is 0. The topological polar surface area (TPSA) is 78.5 Å². The quantitative estimate of drug-likeness (QED) is 0.793. The Morgan fingerprint density at radius 1 is 1.08 bits per heavy atom. The van der Waals surface area contributed by atoms with Crippen molar-refractivity contribution in [3.8, 4) is 0 Å². The van der Waals surface area contributed by atoms with Gasteiger partial charge >= 0.3 is 0 Å². The molecular weight excluding hydrogens is 330 g/mol. The number of fused-ring (bicyclic) bond motifs is 1. The summed E-state index contributed by atoms with van der Waals surface area (Å²) in [5.74, 6) is 0.0383. The molecule has 2 N–H and O–H groups in total. The van der Waals surface area contributed by atoms with Gasteiger partial charge in [0.15, 0.2) is 0 Å². The molecule has 0 spiro atoms. The molecule has 2 unspecified atom stereocenters. The summed E-state index contributed by atoms with van der Waals surface area (Å²) in [5, 5.41) is 5.77. The van der Waals surface area contributed by atoms with E-state index in [9.17, 15) is 14.4 Å². The Hall–Kier alpha value is -2.21. The first-order valence-electron chi connectivity index (χ1n) is 9.55. The summed E-state index contributed by atoms with van der Waals surface area (Å²) in [4.78, 5) is 38.1. The summed E-state index contributed by atoms with van der Waals surface area (Å²) in [6.07, 6.45) is 3.32. The Kier molecular flexibility index (Phi) is 4.53. The van der Waals surface area contributed by atoms with E-state index in [4.69, 9.17) is 0 Å². The molecule has 4 rings (SSSR count). The minimum absolute atomic E-state index is 0.0332. The van der Waals surface area contributed by atoms with Gasteiger partial charge in [0.25, 0.3) is 0 Å². The van der Waals surface area contributed by atoms with Crippen LogP contribution in [0.25, 0.3) is 0 Å². The van der Waals surface area contributed by atoms with Gasteiger partial charge in [0, 0.05) is 18.5 Å². The van der Waals surface area contributed by atoms with E-state index in [1.54, 1.807) is 4.90 Å². The van der Waals surface area contributed by atoms with Gasteiger partial charge in [-0.25, -0.2) is 0 Å². The molecule has 1 aromatic rings. The largest absolute Gasteiger partial charge is 0.317 e. The number of hydrogen-bond acceptors (Lipinski definition) is 4. The number of nitrogens with zero attached hydrogens (tertiary/aromatic N) is 1. The summed E-state index contributed by atoms with van der Waals surface area (Å²) in [7, 11) is 0. The van der Waals surface area contributed by atoms with Gasteiger partial charge in [0.2, 0.25) is 17.7 Å². The van der Waals surface area contributed by atoms with Gasteiger partial charge in [-0.1, -0.05) is 19.1 Å². The van der Waals surface area contributed by atoms with Gasteiger partial charge in [0.05, 0.1) is 0 Å². The van der Waals surface area contributed by atoms with Crippen LogP contribution < -0.4 is 15.5 Å². The molecule has 6 nitrogen and oxygen atoms in total. The fourth-order valence-corrected chi connectivity index (χ4v) is 4.47. The standard InChI is InChI=1S/C20H25N3O3/c1-12-10-19(25)23(17-4-5-18(24)22-20(17)26)16-3-2-14(11-15(12)16)13-6-8-21-9-7-13/h2-3,11-13,17,21H,4-10H2,1H3,(H,22,24,26). The van der Waals surface area contributed by atoms with Crippen LogP contribution in [-0.4, -0.2) is 36.9 Å². The molecule has 0 bridgehead atoms. The maximum atomic E-state index is 12.7. The average molecular weight is 355 g/mol. The molecule has 0 radical (unpaired) electrons. The minimum Gasteiger partial charge on any atom is -0.317 e. The number of anilines is 1. The molecule has 2 atom stereocenters. The fraction of sp³-hybridized carbons (Fsp3) is 0.550. The second-order valence-corrected chi connectivity index (χ2v) is 7.68. The third kappa shape index (κ3) is 3.03. The Morgan fingerprint density at radius 3 is 2.58 bits per heavy atom. The molecule has 0 aromatic heterocycles. The molecule has 3 aliphatic rings. The van der Waals surface area contributed by atoms with Crippen molar-refractivity contribution >= 4 is 23.4 Å². The monoisotopic (exact) mass is 355 g/mol. The molecule has 0 aliphatic carbocycles. The number of hydrogen-bond donors (Lipinski definition) is 2. The lowest BCUT2D eigenvalue weighted by atomic mass is 9.83. The third-order valence-corrected chi connectivity index (χ3v) is 5.92. The predicted molar refractivity (Wildman–Crippen MR) is 98.0 cm³/mol. The highest BCUT2D eigenvalue weighted by Gasteiger charge is 2.39. The number of rotatable bonds is 2. The highest BCUT2D eigenvalue weighted by atomic mass is 16.2. The van der Waals surface area contributed by atoms with E-state index in [-0.39, 0.29) is 30.1 Å². The summed E-state index contributed by atoms with van der Waals surface area (Å²) >= 11 is 0. The maximum Gasteiger partial charge on any atom is 0.249 e. The van der Waals surface area contributed by atoms with Crippen molar-refractivity contribution in [3.05, 3.63) is 29.3 Å². The lowest BCUT2D eigenvalue weighted by molar-refractivity contribution is -0.136. The van der Waals surface area contributed by atoms with Gasteiger partial charge in [-0.2, -0.15) is 0 Å². The summed E-state index contributed by atoms with van der Waals surface area (Å²) in [5.41, 5.74) is 3.31. The molecule has 138 valence electrons. The molecule has 26 heavy (non-hydrogen) atoms. The minimum atomic E-state index is -0.587. The van der Waals surface area contributed by atoms with Crippen LogP contribution in [-0.2, 0) is 14.4 Å². The lowest BCUT2D eigenvalue weighted by Crippen LogP contribution is -2.55. The van der Waals surface area contributed by atoms with Crippen LogP contribution in [0.15, 0.2) is 18.2 Å². The average Bonchev–Trinajstić information content (AvgIpc) is 2.64. The molecular formula is C20H25N3O3. The fourth-order valence-electron chi connectivity index (χ4n) is 4.47. The van der Waals surface area contributed by atoms with E-state index in [1.807, 2.05) is 6.07 Å². The van der Waals surface area contributed by atoms with Gasteiger partial charge < -0.3 is 5.32 Å². The molecule has 1 aromatic carbocycles. The zero-order valence-corrected chi connectivity index (χ0v) is 15.1. The van der Waals surface area contributed by atoms with Crippen LogP contribution in [0.2, 0.25) is 0 Å². The van der Waals surface area contributed by atoms with E-state index in [1.165, 1.54) is 5.56 Å². The zero-order chi connectivity index (χ0) is 18.3. The molecule has 6 heteroatoms. The van der Waals surface area contributed by atoms with Gasteiger partial charge in [-0.15, -0.1) is 0 Å². The SMILES string of the molecule is CC1CC(=O)N(C2CCC(=O)NC2=O)c2ccc(C3CCNCC3)cc21. The van der Waals surface area contributed by atoms with Crippen LogP contribution in [0, 0.1) is 0 Å². The first kappa shape index (κ1) is 17.2. The molecule has 2 saturated heterocycles. The van der Waals surface area contributed by atoms with E-state index in [0.717, 1.165) is 37.2 Å². The summed E-state index contributed by atoms with van der Waals surface area (Å²) in [6.45, 7) is 4.15. The maximum absolute atomic E-state index is 12.7. The van der Waals surface area contributed by atoms with Crippen LogP contribution in [0.4, 0.5) is 5.69 Å². The second-order valence-electron chi connectivity index (χ2n) is 7.68. The predicted octanol–water partition coefficient (Wildman–Crippen LogP) is 1.80. The van der Waals surface area contributed by atoms with Crippen molar-refractivity contribution in [1.82, 2.24) is 10.6 Å². The Morgan fingerprint density at radius 2 is 1.85 bits per heavy atom. The first-order chi connectivity index (χ1) is 12.5. The highest BCUT2D eigenvalue weighted by molar-refractivity contribution is 6.08. The van der Waals surface area contributed by atoms with E-state index < -0.39 is 6.04 Å². The molecule has 0 saturated carbocycles. The number of piperidine rings is 2. The second kappa shape index (κ2) is 6.83. The molecule has 3 aliphatic heterocycles. The number of carbonyl (C=O) groups is 3. The molecule has 3 heterocycles. The number of carbonyl (C=O) groups excluding carboxylic acids is 3. The zero-order valence-electron chi connectivity index (χ0n) is 15.1. The van der Waals surface area contributed by atoms with E-state index >= 15 is 0 Å². The van der Waals surface area contributed by atoms with Gasteiger partial charge in [-0.3, -0.25) is 24.6 Å².